The van der Waals surface area contributed by atoms with Gasteiger partial charge < -0.3 is 83.7 Å². The Hall–Kier alpha value is -9.98. The zero-order chi connectivity index (χ0) is 76.4. The lowest BCUT2D eigenvalue weighted by atomic mass is 9.96. The van der Waals surface area contributed by atoms with E-state index in [1.54, 1.807) is 18.2 Å². The summed E-state index contributed by atoms with van der Waals surface area (Å²) in [5.74, 6) is 3.38. The van der Waals surface area contributed by atoms with Gasteiger partial charge in [-0.3, -0.25) is 14.4 Å². The van der Waals surface area contributed by atoms with Gasteiger partial charge in [0, 0.05) is 98.6 Å². The van der Waals surface area contributed by atoms with E-state index in [-0.39, 0.29) is 60.6 Å². The Balaban J connectivity index is 0.538. The first-order chi connectivity index (χ1) is 54.5. The van der Waals surface area contributed by atoms with Crippen molar-refractivity contribution in [2.24, 2.45) is 11.7 Å². The summed E-state index contributed by atoms with van der Waals surface area (Å²) in [5.41, 5.74) is 11.5. The topological polar surface area (TPSA) is 311 Å². The van der Waals surface area contributed by atoms with Gasteiger partial charge in [0.2, 0.25) is 23.8 Å². The Morgan fingerprint density at radius 3 is 1.42 bits per heavy atom. The van der Waals surface area contributed by atoms with Crippen LogP contribution in [0.15, 0.2) is 109 Å². The molecule has 9 aromatic rings. The highest BCUT2D eigenvalue weighted by Gasteiger charge is 2.49. The number of carbonyl (C=O) groups excluding carboxylic acids is 3. The summed E-state index contributed by atoms with van der Waals surface area (Å²) < 4.78 is 49.9. The molecule has 10 atom stereocenters. The highest BCUT2D eigenvalue weighted by atomic mass is 16.6. The number of rotatable bonds is 16. The van der Waals surface area contributed by atoms with Gasteiger partial charge in [0.15, 0.2) is 16.9 Å². The molecule has 14 heterocycles. The number of anilines is 6. The minimum Gasteiger partial charge on any atom is -0.378 e. The van der Waals surface area contributed by atoms with Crippen LogP contribution in [0.5, 0.6) is 0 Å². The van der Waals surface area contributed by atoms with Gasteiger partial charge in [-0.25, -0.2) is 15.0 Å². The number of ether oxygens (including phenoxy) is 8. The van der Waals surface area contributed by atoms with Crippen LogP contribution in [0.3, 0.4) is 0 Å². The molecule has 8 saturated heterocycles. The fraction of sp³-hybridized carbons (Fsp3) is 0.494. The Morgan fingerprint density at radius 2 is 0.911 bits per heavy atom. The van der Waals surface area contributed by atoms with Gasteiger partial charge in [-0.15, -0.1) is 0 Å². The van der Waals surface area contributed by atoms with Gasteiger partial charge in [-0.2, -0.15) is 29.9 Å². The second kappa shape index (κ2) is 30.5. The average Bonchev–Trinajstić information content (AvgIpc) is 1.39. The van der Waals surface area contributed by atoms with Crippen LogP contribution in [-0.4, -0.2) is 254 Å². The summed E-state index contributed by atoms with van der Waals surface area (Å²) in [6.07, 6.45) is 3.47. The predicted molar refractivity (Wildman–Crippen MR) is 423 cm³/mol. The Kier molecular flexibility index (Phi) is 20.0. The number of primary amides is 1. The number of benzene rings is 3. The molecule has 29 nitrogen and oxygen atoms in total. The number of amides is 3. The largest absolute Gasteiger partial charge is 0.378 e. The maximum absolute atomic E-state index is 14.3. The molecule has 1 aliphatic carbocycles. The fourth-order valence-corrected chi connectivity index (χ4v) is 17.7. The molecule has 3 amide bonds. The van der Waals surface area contributed by atoms with Crippen LogP contribution in [-0.2, 0) is 37.9 Å². The second-order valence-electron chi connectivity index (χ2n) is 32.1. The molecule has 1 saturated carbocycles. The Labute approximate surface area is 649 Å². The Morgan fingerprint density at radius 1 is 0.438 bits per heavy atom. The van der Waals surface area contributed by atoms with Crippen molar-refractivity contribution in [2.45, 2.75) is 120 Å². The van der Waals surface area contributed by atoms with Gasteiger partial charge >= 0.3 is 0 Å². The number of hydrogen-bond donors (Lipinski definition) is 3. The molecule has 0 radical (unpaired) electrons. The standard InChI is InChI=1S/C83H96N18O11/c1-50-40-105-29-25-97(50)73-63-15-18-66(56-9-6-12-59(33-56)69(84)102)87-70(63)90-78(93-73)96-24-32-110-81(45-96)22-21-55(36-81)38-85-76(103)60-13-7-10-57(34-60)67-19-17-65-72(89-67)92-80(95-75(65)99-27-31-107-42-52(99)3)101-47-83(112-44-54(101)5)37-62(109-49-83)39-86-77(104)61-14-8-11-58(35-61)68-20-16-64-71(88-68)91-79(94-74(64)98-26-30-106-41-51(98)2)100-46-82(23-28-108-48-82)111-43-53(100)4/h6-20,33-35,50-55,62H,21-32,36-49H2,1-5H3,(H2,84,102)(H,85,103)(H,86,104)/t50-,51-,52-,53-,54-,55?,62?,81?,82?,83-/m0/s1. The van der Waals surface area contributed by atoms with Gasteiger partial charge in [-0.1, -0.05) is 36.4 Å². The number of hydrogen-bond acceptors (Lipinski definition) is 26. The number of nitrogens with two attached hydrogens (primary N) is 1. The molecule has 29 heteroatoms. The van der Waals surface area contributed by atoms with E-state index in [4.69, 9.17) is 88.5 Å². The highest BCUT2D eigenvalue weighted by Crippen LogP contribution is 2.43. The van der Waals surface area contributed by atoms with Gasteiger partial charge in [-0.05, 0) is 133 Å². The van der Waals surface area contributed by atoms with E-state index in [2.05, 4.69) is 74.7 Å². The summed E-state index contributed by atoms with van der Waals surface area (Å²) in [4.78, 5) is 101. The van der Waals surface area contributed by atoms with Crippen LogP contribution in [0.4, 0.5) is 35.3 Å². The zero-order valence-electron chi connectivity index (χ0n) is 64.1. The molecule has 8 aliphatic heterocycles. The van der Waals surface area contributed by atoms with Crippen molar-refractivity contribution in [1.82, 2.24) is 55.5 Å². The van der Waals surface area contributed by atoms with E-state index in [1.165, 1.54) is 0 Å². The quantitative estimate of drug-likeness (QED) is 0.0829. The third-order valence-electron chi connectivity index (χ3n) is 24.0. The maximum Gasteiger partial charge on any atom is 0.251 e. The number of carbonyl (C=O) groups is 3. The van der Waals surface area contributed by atoms with Crippen LogP contribution >= 0.6 is 0 Å². The number of aromatic nitrogens is 9. The minimum absolute atomic E-state index is 0.0343. The van der Waals surface area contributed by atoms with Crippen molar-refractivity contribution in [3.63, 3.8) is 0 Å². The molecule has 9 fully saturated rings. The molecule has 4 N–H and O–H groups in total. The molecule has 112 heavy (non-hydrogen) atoms. The van der Waals surface area contributed by atoms with Gasteiger partial charge in [0.25, 0.3) is 11.8 Å². The predicted octanol–water partition coefficient (Wildman–Crippen LogP) is 7.85. The highest BCUT2D eigenvalue weighted by molar-refractivity contribution is 5.98. The van der Waals surface area contributed by atoms with Crippen molar-refractivity contribution in [1.29, 1.82) is 0 Å². The molecule has 6 aromatic heterocycles. The smallest absolute Gasteiger partial charge is 0.251 e. The third-order valence-corrected chi connectivity index (χ3v) is 24.0. The molecule has 4 unspecified atom stereocenters. The second-order valence-corrected chi connectivity index (χ2v) is 32.1. The average molecular weight is 1520 g/mol. The molecule has 3 spiro atoms. The van der Waals surface area contributed by atoms with Crippen LogP contribution < -0.4 is 45.8 Å². The van der Waals surface area contributed by atoms with Crippen LogP contribution in [0.2, 0.25) is 0 Å². The van der Waals surface area contributed by atoms with E-state index in [0.29, 0.717) is 207 Å². The van der Waals surface area contributed by atoms with Crippen molar-refractivity contribution >= 4 is 86.1 Å². The van der Waals surface area contributed by atoms with Crippen molar-refractivity contribution < 1.29 is 52.3 Å². The molecule has 18 rings (SSSR count). The lowest BCUT2D eigenvalue weighted by Gasteiger charge is -2.44. The summed E-state index contributed by atoms with van der Waals surface area (Å²) >= 11 is 0. The first-order valence-corrected chi connectivity index (χ1v) is 39.6. The fourth-order valence-electron chi connectivity index (χ4n) is 17.7. The molecule has 3 aromatic carbocycles. The minimum atomic E-state index is -0.707. The Bertz CT molecular complexity index is 5080. The number of nitrogens with zero attached hydrogens (tertiary/aromatic N) is 15. The van der Waals surface area contributed by atoms with Crippen LogP contribution in [0.25, 0.3) is 66.9 Å². The van der Waals surface area contributed by atoms with E-state index < -0.39 is 22.7 Å². The molecule has 584 valence electrons. The van der Waals surface area contributed by atoms with E-state index in [1.807, 2.05) is 91.0 Å². The van der Waals surface area contributed by atoms with Crippen LogP contribution in [0.1, 0.15) is 97.8 Å². The summed E-state index contributed by atoms with van der Waals surface area (Å²) in [6.45, 7) is 22.1. The molecular formula is C83H96N18O11. The van der Waals surface area contributed by atoms with E-state index in [0.717, 1.165) is 76.0 Å². The van der Waals surface area contributed by atoms with Crippen LogP contribution in [0, 0.1) is 5.92 Å². The number of morpholine rings is 6. The van der Waals surface area contributed by atoms with Crippen molar-refractivity contribution in [2.75, 3.05) is 168 Å². The first-order valence-electron chi connectivity index (χ1n) is 39.6. The third kappa shape index (κ3) is 14.6. The lowest BCUT2D eigenvalue weighted by Crippen LogP contribution is -2.57. The monoisotopic (exact) mass is 1520 g/mol. The zero-order valence-corrected chi connectivity index (χ0v) is 64.1. The summed E-state index contributed by atoms with van der Waals surface area (Å²) in [7, 11) is 0. The summed E-state index contributed by atoms with van der Waals surface area (Å²) in [5, 5.41) is 8.95. The number of pyridine rings is 3. The maximum atomic E-state index is 14.3. The van der Waals surface area contributed by atoms with E-state index in [9.17, 15) is 14.4 Å². The number of fused-ring (bicyclic) bond motifs is 3. The van der Waals surface area contributed by atoms with Crippen molar-refractivity contribution in [3.8, 4) is 33.8 Å². The lowest BCUT2D eigenvalue weighted by molar-refractivity contribution is -0.0707. The molecule has 0 bridgehead atoms. The number of nitrogens with one attached hydrogen (secondary N) is 2. The SMILES string of the molecule is C[C@H]1COC2(CCOC2)CN1c1nc(N2CCOC[C@@H]2C)c2ccc(-c3cccc(C(=O)NCC4C[C@@]5(CO4)CN(c4nc(N6CCOC[C@@H]6C)c6ccc(-c7cccc(C(=O)NCC8CCC9(C8)CN(c8nc(N%10CCOC[C@@H]%10C)c%10ccc(-c%11cccc(C(N)=O)c%11)nc%10n8)CCO9)c7)nc6n4)[C@@H](C)CO5)c3)nc2n1. The molecular weight excluding hydrogens is 1430 g/mol. The summed E-state index contributed by atoms with van der Waals surface area (Å²) in [6, 6.07) is 34.5. The normalized spacial score (nSPS) is 27.0. The van der Waals surface area contributed by atoms with Gasteiger partial charge in [0.05, 0.1) is 161 Å². The molecule has 9 aliphatic rings. The van der Waals surface area contributed by atoms with E-state index >= 15 is 0 Å². The van der Waals surface area contributed by atoms with Crippen molar-refractivity contribution in [3.05, 3.63) is 126 Å². The first kappa shape index (κ1) is 73.5. The van der Waals surface area contributed by atoms with Gasteiger partial charge in [0.1, 0.15) is 28.7 Å².